The van der Waals surface area contributed by atoms with Crippen LogP contribution in [0.3, 0.4) is 0 Å². The van der Waals surface area contributed by atoms with E-state index in [-0.39, 0.29) is 56.3 Å². The number of hydrogen-bond acceptors (Lipinski definition) is 4. The Kier molecular flexibility index (Phi) is 9.93. The number of rotatable bonds is 0. The van der Waals surface area contributed by atoms with Crippen molar-refractivity contribution in [3.8, 4) is 0 Å². The molecule has 27 heavy (non-hydrogen) atoms. The average molecular weight is 386 g/mol. The molecule has 2 aliphatic heterocycles. The molecule has 0 aliphatic carbocycles. The molecule has 162 valence electrons. The topological polar surface area (TPSA) is 36.9 Å². The summed E-state index contributed by atoms with van der Waals surface area (Å²) in [6.07, 6.45) is 0. The Morgan fingerprint density at radius 1 is 0.593 bits per heavy atom. The average Bonchev–Trinajstić information content (AvgIpc) is 2.57. The third kappa shape index (κ3) is 8.08. The van der Waals surface area contributed by atoms with E-state index < -0.39 is 0 Å². The largest absolute Gasteiger partial charge is 0.463 e. The van der Waals surface area contributed by atoms with Crippen molar-refractivity contribution in [2.24, 2.45) is 5.41 Å². The van der Waals surface area contributed by atoms with Crippen LogP contribution in [-0.2, 0) is 18.6 Å². The highest BCUT2D eigenvalue weighted by molar-refractivity contribution is 6.49. The van der Waals surface area contributed by atoms with E-state index in [9.17, 15) is 0 Å². The normalized spacial score (nSPS) is 23.6. The van der Waals surface area contributed by atoms with E-state index in [0.29, 0.717) is 0 Å². The first-order valence-corrected chi connectivity index (χ1v) is 9.46. The molecular formula is C21H48B2O4. The molecule has 0 unspecified atom stereocenters. The second-order valence-corrected chi connectivity index (χ2v) is 11.4. The van der Waals surface area contributed by atoms with Gasteiger partial charge in [0, 0.05) is 18.6 Å². The molecule has 0 bridgehead atoms. The van der Waals surface area contributed by atoms with Gasteiger partial charge in [0.15, 0.2) is 0 Å². The molecular weight excluding hydrogens is 338 g/mol. The zero-order valence-corrected chi connectivity index (χ0v) is 18.7. The number of hydrogen-bond donors (Lipinski definition) is 0. The van der Waals surface area contributed by atoms with Crippen molar-refractivity contribution in [1.29, 1.82) is 0 Å². The maximum Gasteiger partial charge on any atom is 0.463 e. The highest BCUT2D eigenvalue weighted by atomic mass is 16.7. The van der Waals surface area contributed by atoms with Crippen molar-refractivity contribution < 1.29 is 18.6 Å². The Morgan fingerprint density at radius 3 is 1.11 bits per heavy atom. The van der Waals surface area contributed by atoms with Crippen LogP contribution in [0.4, 0.5) is 0 Å². The van der Waals surface area contributed by atoms with Gasteiger partial charge in [0.1, 0.15) is 0 Å². The molecule has 0 spiro atoms. The SMILES string of the molecule is C.C.CC(C)(C)B1OC(C)(C)C(C)(C)O1.CC1(C)COB(C(C)(C)C)OC1. The van der Waals surface area contributed by atoms with Crippen LogP contribution in [0.2, 0.25) is 10.6 Å². The van der Waals surface area contributed by atoms with Crippen LogP contribution in [0.25, 0.3) is 0 Å². The maximum atomic E-state index is 5.91. The first kappa shape index (κ1) is 29.2. The molecule has 0 aromatic carbocycles. The molecule has 2 heterocycles. The van der Waals surface area contributed by atoms with Gasteiger partial charge in [-0.15, -0.1) is 0 Å². The molecule has 2 aliphatic rings. The predicted molar refractivity (Wildman–Crippen MR) is 120 cm³/mol. The van der Waals surface area contributed by atoms with E-state index in [1.807, 2.05) is 0 Å². The summed E-state index contributed by atoms with van der Waals surface area (Å²) in [5.41, 5.74) is -0.225. The van der Waals surface area contributed by atoms with Crippen molar-refractivity contribution in [2.75, 3.05) is 13.2 Å². The molecule has 2 rings (SSSR count). The summed E-state index contributed by atoms with van der Waals surface area (Å²) < 4.78 is 23.1. The minimum atomic E-state index is -0.203. The summed E-state index contributed by atoms with van der Waals surface area (Å²) in [4.78, 5) is 0. The Labute approximate surface area is 171 Å². The quantitative estimate of drug-likeness (QED) is 0.446. The molecule has 0 amide bonds. The van der Waals surface area contributed by atoms with Crippen LogP contribution < -0.4 is 0 Å². The lowest BCUT2D eigenvalue weighted by atomic mass is 9.60. The molecule has 0 saturated carbocycles. The fourth-order valence-electron chi connectivity index (χ4n) is 2.39. The lowest BCUT2D eigenvalue weighted by Gasteiger charge is -2.37. The van der Waals surface area contributed by atoms with Gasteiger partial charge >= 0.3 is 14.2 Å². The van der Waals surface area contributed by atoms with Crippen LogP contribution in [0.15, 0.2) is 0 Å². The molecule has 4 nitrogen and oxygen atoms in total. The van der Waals surface area contributed by atoms with E-state index in [2.05, 4.69) is 83.1 Å². The summed E-state index contributed by atoms with van der Waals surface area (Å²) in [6, 6.07) is 0. The summed E-state index contributed by atoms with van der Waals surface area (Å²) in [7, 11) is -0.136. The van der Waals surface area contributed by atoms with Crippen molar-refractivity contribution in [1.82, 2.24) is 0 Å². The van der Waals surface area contributed by atoms with Crippen LogP contribution in [0.5, 0.6) is 0 Å². The van der Waals surface area contributed by atoms with Gasteiger partial charge in [-0.2, -0.15) is 0 Å². The van der Waals surface area contributed by atoms with E-state index in [1.54, 1.807) is 0 Å². The molecule has 2 saturated heterocycles. The Bertz CT molecular complexity index is 422. The van der Waals surface area contributed by atoms with Gasteiger partial charge in [0.2, 0.25) is 0 Å². The highest BCUT2D eigenvalue weighted by Crippen LogP contribution is 2.44. The molecule has 0 radical (unpaired) electrons. The van der Waals surface area contributed by atoms with Crippen molar-refractivity contribution >= 4 is 14.2 Å². The summed E-state index contributed by atoms with van der Waals surface area (Å²) in [5, 5.41) is 0.140. The lowest BCUT2D eigenvalue weighted by Crippen LogP contribution is -2.45. The zero-order chi connectivity index (χ0) is 19.9. The fraction of sp³-hybridized carbons (Fsp3) is 1.00. The zero-order valence-electron chi connectivity index (χ0n) is 18.7. The van der Waals surface area contributed by atoms with Crippen LogP contribution >= 0.6 is 0 Å². The Morgan fingerprint density at radius 2 is 0.889 bits per heavy atom. The Balaban J connectivity index is 0. The van der Waals surface area contributed by atoms with Gasteiger partial charge in [0.05, 0.1) is 11.2 Å². The van der Waals surface area contributed by atoms with Crippen LogP contribution in [-0.4, -0.2) is 38.7 Å². The monoisotopic (exact) mass is 386 g/mol. The van der Waals surface area contributed by atoms with Gasteiger partial charge in [-0.25, -0.2) is 0 Å². The second kappa shape index (κ2) is 9.19. The maximum absolute atomic E-state index is 5.91. The van der Waals surface area contributed by atoms with Crippen molar-refractivity contribution in [3.05, 3.63) is 0 Å². The summed E-state index contributed by atoms with van der Waals surface area (Å²) >= 11 is 0. The highest BCUT2D eigenvalue weighted by Gasteiger charge is 2.54. The smallest absolute Gasteiger partial charge is 0.410 e. The molecule has 0 atom stereocenters. The van der Waals surface area contributed by atoms with Crippen LogP contribution in [0, 0.1) is 5.41 Å². The van der Waals surface area contributed by atoms with Gasteiger partial charge in [-0.1, -0.05) is 70.2 Å². The third-order valence-corrected chi connectivity index (χ3v) is 4.92. The van der Waals surface area contributed by atoms with Crippen molar-refractivity contribution in [3.63, 3.8) is 0 Å². The van der Waals surface area contributed by atoms with Gasteiger partial charge in [-0.05, 0) is 38.3 Å². The minimum absolute atomic E-state index is 0. The first-order valence-electron chi connectivity index (χ1n) is 9.46. The molecule has 0 aromatic rings. The van der Waals surface area contributed by atoms with Gasteiger partial charge in [0.25, 0.3) is 0 Å². The molecule has 6 heteroatoms. The third-order valence-electron chi connectivity index (χ3n) is 4.92. The van der Waals surface area contributed by atoms with E-state index in [0.717, 1.165) is 13.2 Å². The van der Waals surface area contributed by atoms with Crippen LogP contribution in [0.1, 0.15) is 97.9 Å². The van der Waals surface area contributed by atoms with E-state index >= 15 is 0 Å². The van der Waals surface area contributed by atoms with Gasteiger partial charge in [-0.3, -0.25) is 0 Å². The first-order chi connectivity index (χ1) is 10.9. The molecule has 2 fully saturated rings. The van der Waals surface area contributed by atoms with E-state index in [4.69, 9.17) is 18.6 Å². The van der Waals surface area contributed by atoms with Crippen molar-refractivity contribution in [2.45, 2.75) is 120 Å². The molecule has 0 aromatic heterocycles. The standard InChI is InChI=1S/C10H21BO2.C9H19BO2.2CH4/c1-8(2,3)11-12-9(4,5)10(6,7)13-11;1-8(2,3)10-11-6-9(4,5)7-12-10;;/h1-7H3;6-7H2,1-5H3;2*1H4. The summed E-state index contributed by atoms with van der Waals surface area (Å²) in [5.74, 6) is 0. The van der Waals surface area contributed by atoms with E-state index in [1.165, 1.54) is 0 Å². The second-order valence-electron chi connectivity index (χ2n) is 11.4. The summed E-state index contributed by atoms with van der Waals surface area (Å²) in [6.45, 7) is 27.1. The minimum Gasteiger partial charge on any atom is -0.410 e. The lowest BCUT2D eigenvalue weighted by molar-refractivity contribution is 0.00578. The fourth-order valence-corrected chi connectivity index (χ4v) is 2.39. The van der Waals surface area contributed by atoms with Gasteiger partial charge < -0.3 is 18.6 Å². The Hall–Kier alpha value is -0.0301. The predicted octanol–water partition coefficient (Wildman–Crippen LogP) is 6.50. The molecule has 0 N–H and O–H groups in total.